The van der Waals surface area contributed by atoms with Crippen LogP contribution in [0.15, 0.2) is 18.2 Å². The SMILES string of the molecule is O=C(NCc1ccc2c(c1)OCO2)N[C@@H]1CCO[C@]2(CCOC2)C1. The number of fused-ring (bicyclic) bond motifs is 1. The highest BCUT2D eigenvalue weighted by atomic mass is 16.7. The van der Waals surface area contributed by atoms with Gasteiger partial charge in [0, 0.05) is 32.2 Å². The van der Waals surface area contributed by atoms with Gasteiger partial charge in [0.2, 0.25) is 6.79 Å². The van der Waals surface area contributed by atoms with Gasteiger partial charge in [-0.25, -0.2) is 4.79 Å². The maximum atomic E-state index is 12.2. The van der Waals surface area contributed by atoms with E-state index in [0.29, 0.717) is 19.8 Å². The van der Waals surface area contributed by atoms with Crippen molar-refractivity contribution in [2.24, 2.45) is 0 Å². The lowest BCUT2D eigenvalue weighted by Crippen LogP contribution is -2.51. The Morgan fingerprint density at radius 2 is 2.17 bits per heavy atom. The van der Waals surface area contributed by atoms with E-state index in [1.165, 1.54) is 0 Å². The first-order valence-corrected chi connectivity index (χ1v) is 8.37. The number of hydrogen-bond acceptors (Lipinski definition) is 5. The maximum Gasteiger partial charge on any atom is 0.315 e. The predicted molar refractivity (Wildman–Crippen MR) is 85.1 cm³/mol. The minimum Gasteiger partial charge on any atom is -0.454 e. The standard InChI is InChI=1S/C17H22N2O5/c20-16(18-9-12-1-2-14-15(7-12)23-11-22-14)19-13-3-5-24-17(8-13)4-6-21-10-17/h1-2,7,13H,3-6,8-11H2,(H2,18,19,20)/t13-,17-/m1/s1. The maximum absolute atomic E-state index is 12.2. The number of urea groups is 1. The van der Waals surface area contributed by atoms with Crippen molar-refractivity contribution in [1.82, 2.24) is 10.6 Å². The summed E-state index contributed by atoms with van der Waals surface area (Å²) in [5.74, 6) is 1.47. The number of ether oxygens (including phenoxy) is 4. The molecule has 3 heterocycles. The Morgan fingerprint density at radius 1 is 1.25 bits per heavy atom. The van der Waals surface area contributed by atoms with Crippen molar-refractivity contribution in [1.29, 1.82) is 0 Å². The quantitative estimate of drug-likeness (QED) is 0.877. The molecule has 0 saturated carbocycles. The van der Waals surface area contributed by atoms with Crippen molar-refractivity contribution >= 4 is 6.03 Å². The number of benzene rings is 1. The number of carbonyl (C=O) groups excluding carboxylic acids is 1. The summed E-state index contributed by atoms with van der Waals surface area (Å²) in [6.07, 6.45) is 2.55. The number of carbonyl (C=O) groups is 1. The van der Waals surface area contributed by atoms with Crippen LogP contribution in [0.25, 0.3) is 0 Å². The van der Waals surface area contributed by atoms with Crippen LogP contribution < -0.4 is 20.1 Å². The Hall–Kier alpha value is -1.99. The zero-order valence-electron chi connectivity index (χ0n) is 13.5. The molecule has 4 rings (SSSR count). The second kappa shape index (κ2) is 6.49. The van der Waals surface area contributed by atoms with Crippen molar-refractivity contribution < 1.29 is 23.7 Å². The molecule has 7 nitrogen and oxygen atoms in total. The van der Waals surface area contributed by atoms with Crippen LogP contribution >= 0.6 is 0 Å². The average Bonchev–Trinajstić information content (AvgIpc) is 3.22. The molecule has 0 aliphatic carbocycles. The van der Waals surface area contributed by atoms with E-state index in [-0.39, 0.29) is 24.5 Å². The first-order valence-electron chi connectivity index (χ1n) is 8.37. The van der Waals surface area contributed by atoms with Gasteiger partial charge in [-0.15, -0.1) is 0 Å². The van der Waals surface area contributed by atoms with E-state index in [2.05, 4.69) is 10.6 Å². The minimum absolute atomic E-state index is 0.122. The third-order valence-electron chi connectivity index (χ3n) is 4.79. The minimum atomic E-state index is -0.201. The van der Waals surface area contributed by atoms with E-state index in [0.717, 1.165) is 42.9 Å². The van der Waals surface area contributed by atoms with E-state index in [1.54, 1.807) is 0 Å². The molecule has 2 N–H and O–H groups in total. The zero-order valence-corrected chi connectivity index (χ0v) is 13.5. The van der Waals surface area contributed by atoms with Crippen LogP contribution in [0, 0.1) is 0 Å². The molecule has 130 valence electrons. The van der Waals surface area contributed by atoms with E-state index in [4.69, 9.17) is 18.9 Å². The van der Waals surface area contributed by atoms with Crippen molar-refractivity contribution in [2.75, 3.05) is 26.6 Å². The van der Waals surface area contributed by atoms with Crippen molar-refractivity contribution in [3.63, 3.8) is 0 Å². The zero-order chi connectivity index (χ0) is 16.4. The fraction of sp³-hybridized carbons (Fsp3) is 0.588. The smallest absolute Gasteiger partial charge is 0.315 e. The van der Waals surface area contributed by atoms with Gasteiger partial charge >= 0.3 is 6.03 Å². The van der Waals surface area contributed by atoms with Gasteiger partial charge in [-0.3, -0.25) is 0 Å². The van der Waals surface area contributed by atoms with Gasteiger partial charge in [-0.05, 0) is 30.5 Å². The van der Waals surface area contributed by atoms with Crippen LogP contribution in [0.2, 0.25) is 0 Å². The third kappa shape index (κ3) is 3.27. The molecule has 3 aliphatic rings. The number of rotatable bonds is 3. The molecule has 0 aromatic heterocycles. The normalized spacial score (nSPS) is 28.1. The second-order valence-electron chi connectivity index (χ2n) is 6.54. The summed E-state index contributed by atoms with van der Waals surface area (Å²) in [6.45, 7) is 2.73. The lowest BCUT2D eigenvalue weighted by molar-refractivity contribution is -0.0878. The molecule has 0 radical (unpaired) electrons. The molecule has 0 bridgehead atoms. The van der Waals surface area contributed by atoms with Crippen LogP contribution in [0.3, 0.4) is 0 Å². The molecule has 1 aromatic carbocycles. The Labute approximate surface area is 140 Å². The predicted octanol–water partition coefficient (Wildman–Crippen LogP) is 1.55. The molecule has 24 heavy (non-hydrogen) atoms. The highest BCUT2D eigenvalue weighted by Crippen LogP contribution is 2.33. The second-order valence-corrected chi connectivity index (χ2v) is 6.54. The van der Waals surface area contributed by atoms with E-state index in [9.17, 15) is 4.79 Å². The first kappa shape index (κ1) is 15.5. The fourth-order valence-corrected chi connectivity index (χ4v) is 3.48. The molecule has 1 spiro atoms. The topological polar surface area (TPSA) is 78.1 Å². The lowest BCUT2D eigenvalue weighted by atomic mass is 9.90. The molecule has 1 aromatic rings. The van der Waals surface area contributed by atoms with Gasteiger partial charge in [-0.2, -0.15) is 0 Å². The van der Waals surface area contributed by atoms with Crippen LogP contribution in [0.4, 0.5) is 4.79 Å². The van der Waals surface area contributed by atoms with Gasteiger partial charge in [0.25, 0.3) is 0 Å². The molecule has 2 fully saturated rings. The molecule has 2 saturated heterocycles. The van der Waals surface area contributed by atoms with E-state index >= 15 is 0 Å². The lowest BCUT2D eigenvalue weighted by Gasteiger charge is -2.37. The Balaban J connectivity index is 1.27. The molecule has 7 heteroatoms. The molecule has 2 amide bonds. The summed E-state index contributed by atoms with van der Waals surface area (Å²) in [5, 5.41) is 5.95. The van der Waals surface area contributed by atoms with E-state index in [1.807, 2.05) is 18.2 Å². The highest BCUT2D eigenvalue weighted by Gasteiger charge is 2.41. The summed E-state index contributed by atoms with van der Waals surface area (Å²) in [4.78, 5) is 12.2. The fourth-order valence-electron chi connectivity index (χ4n) is 3.48. The number of amides is 2. The number of nitrogens with one attached hydrogen (secondary N) is 2. The van der Waals surface area contributed by atoms with Gasteiger partial charge in [0.05, 0.1) is 12.2 Å². The van der Waals surface area contributed by atoms with Gasteiger partial charge < -0.3 is 29.6 Å². The van der Waals surface area contributed by atoms with Crippen molar-refractivity contribution in [3.8, 4) is 11.5 Å². The van der Waals surface area contributed by atoms with Crippen LogP contribution in [0.5, 0.6) is 11.5 Å². The van der Waals surface area contributed by atoms with Crippen LogP contribution in [-0.4, -0.2) is 44.3 Å². The molecule has 0 unspecified atom stereocenters. The van der Waals surface area contributed by atoms with Crippen molar-refractivity contribution in [2.45, 2.75) is 37.5 Å². The summed E-state index contributed by atoms with van der Waals surface area (Å²) < 4.78 is 22.0. The summed E-state index contributed by atoms with van der Waals surface area (Å²) in [6, 6.07) is 5.64. The summed E-state index contributed by atoms with van der Waals surface area (Å²) >= 11 is 0. The highest BCUT2D eigenvalue weighted by molar-refractivity contribution is 5.74. The van der Waals surface area contributed by atoms with Gasteiger partial charge in [-0.1, -0.05) is 6.07 Å². The van der Waals surface area contributed by atoms with Crippen LogP contribution in [0.1, 0.15) is 24.8 Å². The molecular weight excluding hydrogens is 312 g/mol. The summed E-state index contributed by atoms with van der Waals surface area (Å²) in [7, 11) is 0. The molecular formula is C17H22N2O5. The molecule has 2 atom stereocenters. The van der Waals surface area contributed by atoms with Gasteiger partial charge in [0.15, 0.2) is 11.5 Å². The molecule has 3 aliphatic heterocycles. The average molecular weight is 334 g/mol. The van der Waals surface area contributed by atoms with Crippen molar-refractivity contribution in [3.05, 3.63) is 23.8 Å². The third-order valence-corrected chi connectivity index (χ3v) is 4.79. The van der Waals surface area contributed by atoms with E-state index < -0.39 is 0 Å². The van der Waals surface area contributed by atoms with Gasteiger partial charge in [0.1, 0.15) is 0 Å². The van der Waals surface area contributed by atoms with Crippen LogP contribution in [-0.2, 0) is 16.0 Å². The largest absolute Gasteiger partial charge is 0.454 e. The Kier molecular flexibility index (Phi) is 4.20. The monoisotopic (exact) mass is 334 g/mol. The summed E-state index contributed by atoms with van der Waals surface area (Å²) in [5.41, 5.74) is 0.773. The Morgan fingerprint density at radius 3 is 3.04 bits per heavy atom. The first-order chi connectivity index (χ1) is 11.7. The number of hydrogen-bond donors (Lipinski definition) is 2. The Bertz CT molecular complexity index is 615.